The van der Waals surface area contributed by atoms with Crippen molar-refractivity contribution in [2.24, 2.45) is 0 Å². The molecular formula is C16H25NOS. The number of unbranched alkanes of at least 4 members (excludes halogenated alkanes) is 6. The molecule has 0 unspecified atom stereocenters. The molecule has 1 aromatic rings. The molecule has 2 nitrogen and oxygen atoms in total. The van der Waals surface area contributed by atoms with E-state index in [4.69, 9.17) is 0 Å². The van der Waals surface area contributed by atoms with Gasteiger partial charge in [-0.05, 0) is 23.9 Å². The van der Waals surface area contributed by atoms with Crippen molar-refractivity contribution in [1.82, 2.24) is 5.32 Å². The maximum absolute atomic E-state index is 11.5. The van der Waals surface area contributed by atoms with Crippen LogP contribution in [0.4, 0.5) is 0 Å². The lowest BCUT2D eigenvalue weighted by atomic mass is 10.1. The molecule has 0 aliphatic heterocycles. The number of thiophene rings is 1. The van der Waals surface area contributed by atoms with Crippen molar-refractivity contribution in [3.05, 3.63) is 28.5 Å². The average Bonchev–Trinajstić information content (AvgIpc) is 2.93. The lowest BCUT2D eigenvalue weighted by molar-refractivity contribution is -0.116. The molecule has 1 aromatic heterocycles. The van der Waals surface area contributed by atoms with Crippen molar-refractivity contribution in [3.63, 3.8) is 0 Å². The van der Waals surface area contributed by atoms with Crippen LogP contribution < -0.4 is 5.32 Å². The Kier molecular flexibility index (Phi) is 9.07. The Morgan fingerprint density at radius 3 is 2.63 bits per heavy atom. The van der Waals surface area contributed by atoms with E-state index in [2.05, 4.69) is 12.2 Å². The molecule has 19 heavy (non-hydrogen) atoms. The molecule has 0 saturated heterocycles. The number of carbonyl (C=O) groups is 1. The van der Waals surface area contributed by atoms with E-state index >= 15 is 0 Å². The lowest BCUT2D eigenvalue weighted by Crippen LogP contribution is -2.21. The van der Waals surface area contributed by atoms with Gasteiger partial charge in [-0.1, -0.05) is 51.5 Å². The van der Waals surface area contributed by atoms with E-state index < -0.39 is 0 Å². The van der Waals surface area contributed by atoms with Crippen molar-refractivity contribution >= 4 is 23.3 Å². The Bertz CT molecular complexity index is 357. The third-order valence-corrected chi connectivity index (χ3v) is 3.86. The summed E-state index contributed by atoms with van der Waals surface area (Å²) < 4.78 is 0. The normalized spacial score (nSPS) is 11.0. The summed E-state index contributed by atoms with van der Waals surface area (Å²) in [6, 6.07) is 3.99. The molecule has 1 amide bonds. The SMILES string of the molecule is CCCCCCCCCNC(=O)/C=C/c1cccs1. The van der Waals surface area contributed by atoms with E-state index in [0.717, 1.165) is 17.8 Å². The summed E-state index contributed by atoms with van der Waals surface area (Å²) >= 11 is 1.64. The molecule has 0 atom stereocenters. The van der Waals surface area contributed by atoms with Crippen molar-refractivity contribution in [3.8, 4) is 0 Å². The minimum Gasteiger partial charge on any atom is -0.353 e. The van der Waals surface area contributed by atoms with Crippen molar-refractivity contribution in [2.75, 3.05) is 6.54 Å². The first-order valence-electron chi connectivity index (χ1n) is 7.32. The van der Waals surface area contributed by atoms with Gasteiger partial charge in [0.2, 0.25) is 5.91 Å². The maximum Gasteiger partial charge on any atom is 0.244 e. The van der Waals surface area contributed by atoms with Crippen LogP contribution in [0.2, 0.25) is 0 Å². The third kappa shape index (κ3) is 8.60. The van der Waals surface area contributed by atoms with E-state index in [1.54, 1.807) is 17.4 Å². The van der Waals surface area contributed by atoms with E-state index in [9.17, 15) is 4.79 Å². The molecule has 1 heterocycles. The molecule has 0 aliphatic carbocycles. The van der Waals surface area contributed by atoms with Crippen LogP contribution in [0.3, 0.4) is 0 Å². The van der Waals surface area contributed by atoms with Gasteiger partial charge in [0.15, 0.2) is 0 Å². The number of amides is 1. The number of hydrogen-bond acceptors (Lipinski definition) is 2. The van der Waals surface area contributed by atoms with Crippen LogP contribution in [0.15, 0.2) is 23.6 Å². The fourth-order valence-corrected chi connectivity index (χ4v) is 2.51. The quantitative estimate of drug-likeness (QED) is 0.491. The standard InChI is InChI=1S/C16H25NOS/c1-2-3-4-5-6-7-8-13-17-16(18)12-11-15-10-9-14-19-15/h9-12,14H,2-8,13H2,1H3,(H,17,18)/b12-11+. The molecule has 106 valence electrons. The smallest absolute Gasteiger partial charge is 0.244 e. The van der Waals surface area contributed by atoms with Crippen LogP contribution in [0, 0.1) is 0 Å². The topological polar surface area (TPSA) is 29.1 Å². The molecule has 1 rings (SSSR count). The van der Waals surface area contributed by atoms with Crippen LogP contribution >= 0.6 is 11.3 Å². The first-order chi connectivity index (χ1) is 9.33. The highest BCUT2D eigenvalue weighted by Crippen LogP contribution is 2.10. The van der Waals surface area contributed by atoms with Crippen LogP contribution in [-0.2, 0) is 4.79 Å². The minimum absolute atomic E-state index is 0.0133. The molecule has 0 saturated carbocycles. The van der Waals surface area contributed by atoms with Crippen molar-refractivity contribution in [1.29, 1.82) is 0 Å². The van der Waals surface area contributed by atoms with Gasteiger partial charge in [0.05, 0.1) is 0 Å². The summed E-state index contributed by atoms with van der Waals surface area (Å²) in [6.45, 7) is 3.03. The van der Waals surface area contributed by atoms with Gasteiger partial charge >= 0.3 is 0 Å². The lowest BCUT2D eigenvalue weighted by Gasteiger charge is -2.02. The van der Waals surface area contributed by atoms with E-state index in [-0.39, 0.29) is 5.91 Å². The van der Waals surface area contributed by atoms with Crippen LogP contribution in [0.25, 0.3) is 6.08 Å². The Labute approximate surface area is 120 Å². The van der Waals surface area contributed by atoms with Gasteiger partial charge in [0, 0.05) is 17.5 Å². The highest BCUT2D eigenvalue weighted by atomic mass is 32.1. The second-order valence-corrected chi connectivity index (χ2v) is 5.74. The first kappa shape index (κ1) is 16.0. The van der Waals surface area contributed by atoms with Gasteiger partial charge in [-0.3, -0.25) is 4.79 Å². The Morgan fingerprint density at radius 1 is 1.21 bits per heavy atom. The Morgan fingerprint density at radius 2 is 1.95 bits per heavy atom. The molecule has 3 heteroatoms. The summed E-state index contributed by atoms with van der Waals surface area (Å²) in [6.07, 6.45) is 12.4. The number of hydrogen-bond donors (Lipinski definition) is 1. The van der Waals surface area contributed by atoms with Gasteiger partial charge < -0.3 is 5.32 Å². The van der Waals surface area contributed by atoms with Crippen LogP contribution in [0.5, 0.6) is 0 Å². The largest absolute Gasteiger partial charge is 0.353 e. The summed E-state index contributed by atoms with van der Waals surface area (Å²) in [5.41, 5.74) is 0. The summed E-state index contributed by atoms with van der Waals surface area (Å²) in [5.74, 6) is 0.0133. The van der Waals surface area contributed by atoms with Crippen molar-refractivity contribution < 1.29 is 4.79 Å². The Balaban J connectivity index is 1.96. The number of carbonyl (C=O) groups excluding carboxylic acids is 1. The zero-order valence-electron chi connectivity index (χ0n) is 11.9. The fraction of sp³-hybridized carbons (Fsp3) is 0.562. The average molecular weight is 279 g/mol. The molecule has 1 N–H and O–H groups in total. The molecule has 0 aromatic carbocycles. The zero-order valence-corrected chi connectivity index (χ0v) is 12.7. The second kappa shape index (κ2) is 10.8. The van der Waals surface area contributed by atoms with Gasteiger partial charge in [-0.25, -0.2) is 0 Å². The number of nitrogens with one attached hydrogen (secondary N) is 1. The molecule has 0 fully saturated rings. The molecule has 0 aliphatic rings. The van der Waals surface area contributed by atoms with E-state index in [0.29, 0.717) is 0 Å². The highest BCUT2D eigenvalue weighted by Gasteiger charge is 1.95. The van der Waals surface area contributed by atoms with Gasteiger partial charge in [-0.15, -0.1) is 11.3 Å². The Hall–Kier alpha value is -1.09. The summed E-state index contributed by atoms with van der Waals surface area (Å²) in [7, 11) is 0. The molecule has 0 radical (unpaired) electrons. The zero-order chi connectivity index (χ0) is 13.8. The second-order valence-electron chi connectivity index (χ2n) is 4.76. The third-order valence-electron chi connectivity index (χ3n) is 3.02. The molecule has 0 spiro atoms. The minimum atomic E-state index is 0.0133. The van der Waals surface area contributed by atoms with Crippen LogP contribution in [-0.4, -0.2) is 12.5 Å². The molecule has 0 bridgehead atoms. The van der Waals surface area contributed by atoms with Crippen molar-refractivity contribution in [2.45, 2.75) is 51.9 Å². The molecular weight excluding hydrogens is 254 g/mol. The van der Waals surface area contributed by atoms with Gasteiger partial charge in [-0.2, -0.15) is 0 Å². The maximum atomic E-state index is 11.5. The van der Waals surface area contributed by atoms with E-state index in [1.165, 1.54) is 38.5 Å². The number of rotatable bonds is 10. The fourth-order valence-electron chi connectivity index (χ4n) is 1.90. The summed E-state index contributed by atoms with van der Waals surface area (Å²) in [5, 5.41) is 4.94. The van der Waals surface area contributed by atoms with Gasteiger partial charge in [0.1, 0.15) is 0 Å². The highest BCUT2D eigenvalue weighted by molar-refractivity contribution is 7.10. The first-order valence-corrected chi connectivity index (χ1v) is 8.20. The van der Waals surface area contributed by atoms with E-state index in [1.807, 2.05) is 23.6 Å². The predicted molar refractivity (Wildman–Crippen MR) is 84.4 cm³/mol. The monoisotopic (exact) mass is 279 g/mol. The van der Waals surface area contributed by atoms with Gasteiger partial charge in [0.25, 0.3) is 0 Å². The van der Waals surface area contributed by atoms with Crippen LogP contribution in [0.1, 0.15) is 56.7 Å². The predicted octanol–water partition coefficient (Wildman–Crippen LogP) is 4.63. The summed E-state index contributed by atoms with van der Waals surface area (Å²) in [4.78, 5) is 12.6.